The van der Waals surface area contributed by atoms with Crippen molar-refractivity contribution in [1.82, 2.24) is 5.43 Å². The Bertz CT molecular complexity index is 1110. The highest BCUT2D eigenvalue weighted by Crippen LogP contribution is 2.27. The number of amides is 1. The number of hydrogen-bond donors (Lipinski definition) is 1. The third-order valence-corrected chi connectivity index (χ3v) is 4.35. The van der Waals surface area contributed by atoms with Crippen LogP contribution in [0.25, 0.3) is 6.08 Å². The first kappa shape index (κ1) is 21.8. The maximum absolute atomic E-state index is 12.1. The van der Waals surface area contributed by atoms with Gasteiger partial charge in [0.1, 0.15) is 0 Å². The van der Waals surface area contributed by atoms with Crippen molar-refractivity contribution < 1.29 is 19.1 Å². The lowest BCUT2D eigenvalue weighted by Crippen LogP contribution is -2.17. The maximum Gasteiger partial charge on any atom is 0.336 e. The molecule has 0 aliphatic heterocycles. The average molecular weight is 435 g/mol. The Morgan fingerprint density at radius 3 is 2.39 bits per heavy atom. The van der Waals surface area contributed by atoms with Gasteiger partial charge in [0.05, 0.1) is 13.3 Å². The van der Waals surface area contributed by atoms with E-state index in [2.05, 4.69) is 10.5 Å². The summed E-state index contributed by atoms with van der Waals surface area (Å²) in [5, 5.41) is 4.48. The van der Waals surface area contributed by atoms with E-state index in [1.807, 2.05) is 30.3 Å². The van der Waals surface area contributed by atoms with Crippen molar-refractivity contribution in [3.8, 4) is 11.5 Å². The number of methoxy groups -OCH3 is 1. The molecule has 6 nitrogen and oxygen atoms in total. The van der Waals surface area contributed by atoms with E-state index in [-0.39, 0.29) is 11.7 Å². The van der Waals surface area contributed by atoms with Crippen LogP contribution in [0.1, 0.15) is 21.5 Å². The lowest BCUT2D eigenvalue weighted by molar-refractivity contribution is -0.129. The number of esters is 1. The molecule has 0 saturated heterocycles. The smallest absolute Gasteiger partial charge is 0.336 e. The monoisotopic (exact) mass is 434 g/mol. The molecule has 7 heteroatoms. The molecule has 0 radical (unpaired) electrons. The summed E-state index contributed by atoms with van der Waals surface area (Å²) in [5.74, 6) is -0.267. The number of carbonyl (C=O) groups excluding carboxylic acids is 2. The van der Waals surface area contributed by atoms with Crippen molar-refractivity contribution in [2.45, 2.75) is 0 Å². The Morgan fingerprint density at radius 1 is 0.935 bits per heavy atom. The molecular weight excluding hydrogens is 416 g/mol. The van der Waals surface area contributed by atoms with Gasteiger partial charge in [-0.1, -0.05) is 41.9 Å². The largest absolute Gasteiger partial charge is 0.493 e. The quantitative estimate of drug-likeness (QED) is 0.192. The number of carbonyl (C=O) groups is 2. The van der Waals surface area contributed by atoms with Gasteiger partial charge in [0.2, 0.25) is 0 Å². The van der Waals surface area contributed by atoms with Crippen LogP contribution in [0.15, 0.2) is 84.0 Å². The number of nitrogens with one attached hydrogen (secondary N) is 1. The standard InChI is InChI=1S/C24H19ClN2O4/c1-30-22-15-18(16-26-27-24(29)19-9-11-20(25)12-10-19)7-13-21(22)31-23(28)14-8-17-5-3-2-4-6-17/h2-16H,1H3,(H,27,29)/b14-8+,26-16+. The summed E-state index contributed by atoms with van der Waals surface area (Å²) in [6, 6.07) is 20.8. The molecule has 3 aromatic rings. The van der Waals surface area contributed by atoms with Crippen LogP contribution in [-0.4, -0.2) is 25.2 Å². The highest BCUT2D eigenvalue weighted by Gasteiger charge is 2.09. The Labute approximate surface area is 184 Å². The highest BCUT2D eigenvalue weighted by atomic mass is 35.5. The van der Waals surface area contributed by atoms with Crippen molar-refractivity contribution in [1.29, 1.82) is 0 Å². The van der Waals surface area contributed by atoms with E-state index in [0.29, 0.717) is 21.9 Å². The van der Waals surface area contributed by atoms with Gasteiger partial charge in [-0.05, 0) is 59.7 Å². The normalized spacial score (nSPS) is 10.9. The zero-order chi connectivity index (χ0) is 22.1. The Kier molecular flexibility index (Phi) is 7.56. The second-order valence-corrected chi connectivity index (χ2v) is 6.72. The van der Waals surface area contributed by atoms with Crippen LogP contribution in [0.2, 0.25) is 5.02 Å². The Hall–Kier alpha value is -3.90. The van der Waals surface area contributed by atoms with Crippen molar-refractivity contribution in [2.24, 2.45) is 5.10 Å². The zero-order valence-electron chi connectivity index (χ0n) is 16.6. The molecule has 0 saturated carbocycles. The Balaban J connectivity index is 1.61. The van der Waals surface area contributed by atoms with Crippen molar-refractivity contribution >= 4 is 35.8 Å². The first-order valence-electron chi connectivity index (χ1n) is 9.27. The van der Waals surface area contributed by atoms with Crippen LogP contribution in [0, 0.1) is 0 Å². The topological polar surface area (TPSA) is 77.0 Å². The number of halogens is 1. The van der Waals surface area contributed by atoms with E-state index in [1.54, 1.807) is 48.5 Å². The summed E-state index contributed by atoms with van der Waals surface area (Å²) in [4.78, 5) is 24.1. The van der Waals surface area contributed by atoms with Crippen molar-refractivity contribution in [3.05, 3.63) is 101 Å². The summed E-state index contributed by atoms with van der Waals surface area (Å²) in [6.45, 7) is 0. The minimum atomic E-state index is -0.529. The number of hydrogen-bond acceptors (Lipinski definition) is 5. The van der Waals surface area contributed by atoms with Gasteiger partial charge in [-0.25, -0.2) is 10.2 Å². The molecule has 1 amide bonds. The molecule has 0 fully saturated rings. The molecule has 1 N–H and O–H groups in total. The number of benzene rings is 3. The van der Waals surface area contributed by atoms with Gasteiger partial charge in [-0.3, -0.25) is 4.79 Å². The summed E-state index contributed by atoms with van der Waals surface area (Å²) in [7, 11) is 1.47. The van der Waals surface area contributed by atoms with Gasteiger partial charge >= 0.3 is 5.97 Å². The summed E-state index contributed by atoms with van der Waals surface area (Å²) < 4.78 is 10.6. The Morgan fingerprint density at radius 2 is 1.68 bits per heavy atom. The van der Waals surface area contributed by atoms with Crippen molar-refractivity contribution in [2.75, 3.05) is 7.11 Å². The molecule has 0 aliphatic rings. The van der Waals surface area contributed by atoms with Crippen LogP contribution >= 0.6 is 11.6 Å². The number of ether oxygens (including phenoxy) is 2. The SMILES string of the molecule is COc1cc(/C=N/NC(=O)c2ccc(Cl)cc2)ccc1OC(=O)/C=C/c1ccccc1. The van der Waals surface area contributed by atoms with E-state index in [0.717, 1.165) is 5.56 Å². The third kappa shape index (κ3) is 6.55. The van der Waals surface area contributed by atoms with E-state index < -0.39 is 5.97 Å². The highest BCUT2D eigenvalue weighted by molar-refractivity contribution is 6.30. The van der Waals surface area contributed by atoms with E-state index in [1.165, 1.54) is 19.4 Å². The lowest BCUT2D eigenvalue weighted by atomic mass is 10.2. The fourth-order valence-electron chi connectivity index (χ4n) is 2.55. The van der Waals surface area contributed by atoms with E-state index >= 15 is 0 Å². The second-order valence-electron chi connectivity index (χ2n) is 6.28. The van der Waals surface area contributed by atoms with Gasteiger partial charge in [0, 0.05) is 16.7 Å². The van der Waals surface area contributed by atoms with Gasteiger partial charge in [0.25, 0.3) is 5.91 Å². The summed E-state index contributed by atoms with van der Waals surface area (Å²) in [5.41, 5.74) is 4.40. The fraction of sp³-hybridized carbons (Fsp3) is 0.0417. The van der Waals surface area contributed by atoms with E-state index in [4.69, 9.17) is 21.1 Å². The molecular formula is C24H19ClN2O4. The lowest BCUT2D eigenvalue weighted by Gasteiger charge is -2.08. The molecule has 0 aliphatic carbocycles. The minimum Gasteiger partial charge on any atom is -0.493 e. The molecule has 0 aromatic heterocycles. The van der Waals surface area contributed by atoms with Crippen LogP contribution in [-0.2, 0) is 4.79 Å². The maximum atomic E-state index is 12.1. The van der Waals surface area contributed by atoms with Crippen LogP contribution in [0.4, 0.5) is 0 Å². The molecule has 156 valence electrons. The molecule has 3 rings (SSSR count). The molecule has 0 atom stereocenters. The van der Waals surface area contributed by atoms with Gasteiger partial charge in [-0.15, -0.1) is 0 Å². The molecule has 3 aromatic carbocycles. The third-order valence-electron chi connectivity index (χ3n) is 4.10. The van der Waals surface area contributed by atoms with E-state index in [9.17, 15) is 9.59 Å². The van der Waals surface area contributed by atoms with Crippen LogP contribution < -0.4 is 14.9 Å². The predicted octanol–water partition coefficient (Wildman–Crippen LogP) is 4.73. The van der Waals surface area contributed by atoms with Crippen molar-refractivity contribution in [3.63, 3.8) is 0 Å². The van der Waals surface area contributed by atoms with Crippen LogP contribution in [0.3, 0.4) is 0 Å². The summed E-state index contributed by atoms with van der Waals surface area (Å²) in [6.07, 6.45) is 4.47. The molecule has 0 bridgehead atoms. The average Bonchev–Trinajstić information content (AvgIpc) is 2.79. The first-order chi connectivity index (χ1) is 15.0. The number of nitrogens with zero attached hydrogens (tertiary/aromatic N) is 1. The van der Waals surface area contributed by atoms with Crippen LogP contribution in [0.5, 0.6) is 11.5 Å². The molecule has 0 unspecified atom stereocenters. The van der Waals surface area contributed by atoms with Gasteiger partial charge < -0.3 is 9.47 Å². The van der Waals surface area contributed by atoms with Gasteiger partial charge in [0.15, 0.2) is 11.5 Å². The minimum absolute atomic E-state index is 0.271. The first-order valence-corrected chi connectivity index (χ1v) is 9.65. The second kappa shape index (κ2) is 10.8. The molecule has 0 heterocycles. The van der Waals surface area contributed by atoms with Gasteiger partial charge in [-0.2, -0.15) is 5.10 Å². The summed E-state index contributed by atoms with van der Waals surface area (Å²) >= 11 is 5.81. The predicted molar refractivity (Wildman–Crippen MR) is 121 cm³/mol. The number of hydrazone groups is 1. The molecule has 0 spiro atoms. The molecule has 31 heavy (non-hydrogen) atoms. The zero-order valence-corrected chi connectivity index (χ0v) is 17.4. The number of rotatable bonds is 7. The fourth-order valence-corrected chi connectivity index (χ4v) is 2.68.